The molecule has 1 N–H and O–H groups in total. The predicted molar refractivity (Wildman–Crippen MR) is 123 cm³/mol. The summed E-state index contributed by atoms with van der Waals surface area (Å²) in [5.41, 5.74) is 1.83. The first-order valence-electron chi connectivity index (χ1n) is 10.1. The summed E-state index contributed by atoms with van der Waals surface area (Å²) in [6, 6.07) is 13.4. The first-order valence-corrected chi connectivity index (χ1v) is 11.1. The molecule has 1 aliphatic rings. The minimum Gasteiger partial charge on any atom is -0.489 e. The molecule has 1 atom stereocenters. The van der Waals surface area contributed by atoms with Crippen molar-refractivity contribution in [3.63, 3.8) is 0 Å². The molecule has 1 aliphatic heterocycles. The monoisotopic (exact) mass is 451 g/mol. The Morgan fingerprint density at radius 3 is 2.62 bits per heavy atom. The van der Waals surface area contributed by atoms with E-state index in [-0.39, 0.29) is 23.7 Å². The highest BCUT2D eigenvalue weighted by Crippen LogP contribution is 2.36. The fourth-order valence-electron chi connectivity index (χ4n) is 3.63. The summed E-state index contributed by atoms with van der Waals surface area (Å²) in [7, 11) is 1.78. The molecule has 8 heteroatoms. The van der Waals surface area contributed by atoms with E-state index in [9.17, 15) is 14.0 Å². The second-order valence-corrected chi connectivity index (χ2v) is 8.40. The quantitative estimate of drug-likeness (QED) is 0.330. The smallest absolute Gasteiger partial charge is 0.279 e. The Morgan fingerprint density at radius 1 is 1.22 bits per heavy atom. The predicted octanol–water partition coefficient (Wildman–Crippen LogP) is 4.25. The lowest BCUT2D eigenvalue weighted by Gasteiger charge is -2.27. The van der Waals surface area contributed by atoms with Gasteiger partial charge in [0.2, 0.25) is 5.91 Å². The number of ether oxygens (including phenoxy) is 1. The van der Waals surface area contributed by atoms with Crippen LogP contribution < -0.4 is 15.6 Å². The summed E-state index contributed by atoms with van der Waals surface area (Å²) in [5, 5.41) is 3.36. The van der Waals surface area contributed by atoms with Crippen molar-refractivity contribution >= 4 is 23.5 Å². The SMILES string of the molecule is C=CCSc1nc(=O)c2c(n1C)NC(=O)CC2c1ccc(OCc2ccc(F)cc2)cc1. The molecular weight excluding hydrogens is 429 g/mol. The van der Waals surface area contributed by atoms with E-state index in [1.807, 2.05) is 12.1 Å². The van der Waals surface area contributed by atoms with Gasteiger partial charge in [-0.1, -0.05) is 42.1 Å². The summed E-state index contributed by atoms with van der Waals surface area (Å²) >= 11 is 1.38. The number of aromatic nitrogens is 2. The molecule has 6 nitrogen and oxygen atoms in total. The highest BCUT2D eigenvalue weighted by molar-refractivity contribution is 7.99. The number of carbonyl (C=O) groups is 1. The lowest BCUT2D eigenvalue weighted by molar-refractivity contribution is -0.116. The number of thioether (sulfide) groups is 1. The van der Waals surface area contributed by atoms with Crippen LogP contribution in [0.3, 0.4) is 0 Å². The number of rotatable bonds is 7. The molecule has 0 spiro atoms. The lowest BCUT2D eigenvalue weighted by atomic mass is 9.87. The van der Waals surface area contributed by atoms with E-state index in [4.69, 9.17) is 4.74 Å². The Hall–Kier alpha value is -3.39. The van der Waals surface area contributed by atoms with Gasteiger partial charge in [0.1, 0.15) is 24.0 Å². The molecule has 164 valence electrons. The molecule has 4 rings (SSSR count). The zero-order valence-electron chi connectivity index (χ0n) is 17.5. The van der Waals surface area contributed by atoms with Gasteiger partial charge in [-0.25, -0.2) is 4.39 Å². The van der Waals surface area contributed by atoms with Crippen LogP contribution in [0.15, 0.2) is 71.1 Å². The maximum absolute atomic E-state index is 13.0. The minimum absolute atomic E-state index is 0.153. The second kappa shape index (κ2) is 9.40. The molecule has 2 heterocycles. The van der Waals surface area contributed by atoms with Crippen LogP contribution in [0, 0.1) is 5.82 Å². The Bertz CT molecular complexity index is 1210. The van der Waals surface area contributed by atoms with Gasteiger partial charge in [-0.05, 0) is 35.4 Å². The Morgan fingerprint density at radius 2 is 1.94 bits per heavy atom. The van der Waals surface area contributed by atoms with E-state index in [0.717, 1.165) is 11.1 Å². The third-order valence-electron chi connectivity index (χ3n) is 5.23. The lowest BCUT2D eigenvalue weighted by Crippen LogP contribution is -2.33. The van der Waals surface area contributed by atoms with Gasteiger partial charge in [0.25, 0.3) is 5.56 Å². The number of nitrogens with one attached hydrogen (secondary N) is 1. The van der Waals surface area contributed by atoms with Crippen molar-refractivity contribution in [1.29, 1.82) is 0 Å². The molecule has 0 bridgehead atoms. The molecular formula is C24H22FN3O3S. The highest BCUT2D eigenvalue weighted by Gasteiger charge is 2.32. The molecule has 0 saturated heterocycles. The number of halogens is 1. The summed E-state index contributed by atoms with van der Waals surface area (Å²) in [4.78, 5) is 29.5. The van der Waals surface area contributed by atoms with Crippen LogP contribution in [0.2, 0.25) is 0 Å². The van der Waals surface area contributed by atoms with E-state index in [1.54, 1.807) is 42.0 Å². The molecule has 1 unspecified atom stereocenters. The summed E-state index contributed by atoms with van der Waals surface area (Å²) < 4.78 is 20.5. The van der Waals surface area contributed by atoms with Crippen LogP contribution in [0.1, 0.15) is 29.0 Å². The molecule has 1 aromatic heterocycles. The normalized spacial score (nSPS) is 15.1. The topological polar surface area (TPSA) is 73.2 Å². The van der Waals surface area contributed by atoms with Gasteiger partial charge in [0.05, 0.1) is 5.56 Å². The van der Waals surface area contributed by atoms with E-state index in [1.165, 1.54) is 23.9 Å². The number of benzene rings is 2. The molecule has 32 heavy (non-hydrogen) atoms. The summed E-state index contributed by atoms with van der Waals surface area (Å²) in [6.45, 7) is 4.00. The van der Waals surface area contributed by atoms with Gasteiger partial charge in [-0.15, -0.1) is 6.58 Å². The number of anilines is 1. The van der Waals surface area contributed by atoms with Crippen LogP contribution in [-0.2, 0) is 18.4 Å². The first kappa shape index (κ1) is 21.8. The fraction of sp³-hybridized carbons (Fsp3) is 0.208. The van der Waals surface area contributed by atoms with Gasteiger partial charge in [0, 0.05) is 25.1 Å². The average Bonchev–Trinajstić information content (AvgIpc) is 2.80. The van der Waals surface area contributed by atoms with Crippen molar-refractivity contribution in [3.8, 4) is 5.75 Å². The molecule has 0 saturated carbocycles. The van der Waals surface area contributed by atoms with Crippen molar-refractivity contribution in [3.05, 3.63) is 94.0 Å². The maximum atomic E-state index is 13.0. The van der Waals surface area contributed by atoms with Crippen molar-refractivity contribution in [2.24, 2.45) is 7.05 Å². The van der Waals surface area contributed by atoms with Crippen LogP contribution in [0.25, 0.3) is 0 Å². The molecule has 0 radical (unpaired) electrons. The maximum Gasteiger partial charge on any atom is 0.279 e. The molecule has 0 fully saturated rings. The standard InChI is InChI=1S/C24H22FN3O3S/c1-3-12-32-24-27-23(30)21-19(13-20(29)26-22(21)28(24)2)16-6-10-18(11-7-16)31-14-15-4-8-17(25)9-5-15/h3-11,19H,1,12-14H2,2H3,(H,26,29). The minimum atomic E-state index is -0.394. The van der Waals surface area contributed by atoms with Crippen LogP contribution in [0.4, 0.5) is 10.2 Å². The van der Waals surface area contributed by atoms with E-state index < -0.39 is 5.92 Å². The van der Waals surface area contributed by atoms with Crippen LogP contribution >= 0.6 is 11.8 Å². The number of nitrogens with zero attached hydrogens (tertiary/aromatic N) is 2. The van der Waals surface area contributed by atoms with Crippen molar-refractivity contribution in [1.82, 2.24) is 9.55 Å². The van der Waals surface area contributed by atoms with Gasteiger partial charge in [-0.2, -0.15) is 4.98 Å². The molecule has 1 amide bonds. The van der Waals surface area contributed by atoms with E-state index in [2.05, 4.69) is 16.9 Å². The number of carbonyl (C=O) groups excluding carboxylic acids is 1. The summed E-state index contributed by atoms with van der Waals surface area (Å²) in [5.74, 6) is 0.891. The second-order valence-electron chi connectivity index (χ2n) is 7.41. The number of hydrogen-bond donors (Lipinski definition) is 1. The van der Waals surface area contributed by atoms with E-state index >= 15 is 0 Å². The van der Waals surface area contributed by atoms with Crippen molar-refractivity contribution < 1.29 is 13.9 Å². The highest BCUT2D eigenvalue weighted by atomic mass is 32.2. The van der Waals surface area contributed by atoms with Gasteiger partial charge < -0.3 is 14.6 Å². The molecule has 2 aromatic carbocycles. The van der Waals surface area contributed by atoms with Crippen LogP contribution in [0.5, 0.6) is 5.75 Å². The fourth-order valence-corrected chi connectivity index (χ4v) is 4.33. The van der Waals surface area contributed by atoms with Gasteiger partial charge in [0.15, 0.2) is 5.16 Å². The third kappa shape index (κ3) is 4.60. The number of fused-ring (bicyclic) bond motifs is 1. The third-order valence-corrected chi connectivity index (χ3v) is 6.26. The van der Waals surface area contributed by atoms with Crippen LogP contribution in [-0.4, -0.2) is 21.2 Å². The first-order chi connectivity index (χ1) is 15.5. The summed E-state index contributed by atoms with van der Waals surface area (Å²) in [6.07, 6.45) is 1.90. The Labute approximate surface area is 189 Å². The zero-order chi connectivity index (χ0) is 22.7. The van der Waals surface area contributed by atoms with Crippen molar-refractivity contribution in [2.45, 2.75) is 24.1 Å². The average molecular weight is 452 g/mol. The molecule has 0 aliphatic carbocycles. The number of hydrogen-bond acceptors (Lipinski definition) is 5. The van der Waals surface area contributed by atoms with E-state index in [0.29, 0.717) is 34.6 Å². The zero-order valence-corrected chi connectivity index (χ0v) is 18.3. The van der Waals surface area contributed by atoms with Gasteiger partial charge >= 0.3 is 0 Å². The largest absolute Gasteiger partial charge is 0.489 e. The number of amides is 1. The Balaban J connectivity index is 1.58. The van der Waals surface area contributed by atoms with Gasteiger partial charge in [-0.3, -0.25) is 9.59 Å². The Kier molecular flexibility index (Phi) is 6.41. The molecule has 3 aromatic rings. The van der Waals surface area contributed by atoms with Crippen molar-refractivity contribution in [2.75, 3.05) is 11.1 Å².